The molecular formula is C17H31NO. The van der Waals surface area contributed by atoms with Crippen LogP contribution in [0.2, 0.25) is 0 Å². The van der Waals surface area contributed by atoms with Crippen LogP contribution in [-0.2, 0) is 4.79 Å². The quantitative estimate of drug-likeness (QED) is 0.641. The average molecular weight is 265 g/mol. The minimum Gasteiger partial charge on any atom is -0.338 e. The van der Waals surface area contributed by atoms with E-state index < -0.39 is 0 Å². The lowest BCUT2D eigenvalue weighted by molar-refractivity contribution is -0.134. The predicted octanol–water partition coefficient (Wildman–Crippen LogP) is 4.24. The molecule has 1 saturated heterocycles. The maximum atomic E-state index is 12.1. The van der Waals surface area contributed by atoms with Gasteiger partial charge in [-0.25, -0.2) is 0 Å². The fraction of sp³-hybridized carbons (Fsp3) is 0.941. The first kappa shape index (κ1) is 14.9. The van der Waals surface area contributed by atoms with E-state index in [1.807, 2.05) is 0 Å². The summed E-state index contributed by atoms with van der Waals surface area (Å²) in [5.41, 5.74) is 0.351. The Kier molecular flexibility index (Phi) is 3.99. The van der Waals surface area contributed by atoms with Crippen molar-refractivity contribution < 1.29 is 4.79 Å². The summed E-state index contributed by atoms with van der Waals surface area (Å²) in [5, 5.41) is 0. The van der Waals surface area contributed by atoms with E-state index in [-0.39, 0.29) is 11.4 Å². The van der Waals surface area contributed by atoms with Crippen LogP contribution in [0.5, 0.6) is 0 Å². The molecule has 0 spiro atoms. The van der Waals surface area contributed by atoms with Crippen LogP contribution in [0.15, 0.2) is 0 Å². The molecule has 0 bridgehead atoms. The van der Waals surface area contributed by atoms with Crippen LogP contribution >= 0.6 is 0 Å². The van der Waals surface area contributed by atoms with E-state index in [1.165, 1.54) is 32.1 Å². The topological polar surface area (TPSA) is 20.3 Å². The Hall–Kier alpha value is -0.530. The smallest absolute Gasteiger partial charge is 0.219 e. The second-order valence-corrected chi connectivity index (χ2v) is 8.11. The van der Waals surface area contributed by atoms with E-state index in [9.17, 15) is 4.79 Å². The molecule has 2 rings (SSSR count). The van der Waals surface area contributed by atoms with Crippen LogP contribution in [0, 0.1) is 17.3 Å². The number of likely N-dealkylation sites (tertiary alicyclic amines) is 1. The molecule has 2 aliphatic rings. The van der Waals surface area contributed by atoms with Crippen LogP contribution in [0.25, 0.3) is 0 Å². The highest BCUT2D eigenvalue weighted by atomic mass is 16.2. The monoisotopic (exact) mass is 265 g/mol. The van der Waals surface area contributed by atoms with Gasteiger partial charge in [0, 0.05) is 19.0 Å². The minimum absolute atomic E-state index is 0.00152. The lowest BCUT2D eigenvalue weighted by Gasteiger charge is -2.41. The fourth-order valence-electron chi connectivity index (χ4n) is 5.01. The number of hydrogen-bond donors (Lipinski definition) is 0. The minimum atomic E-state index is 0.00152. The summed E-state index contributed by atoms with van der Waals surface area (Å²) in [6, 6.07) is 0. The van der Waals surface area contributed by atoms with Crippen molar-refractivity contribution in [2.75, 3.05) is 6.54 Å². The molecule has 19 heavy (non-hydrogen) atoms. The number of carbonyl (C=O) groups excluding carboxylic acids is 1. The van der Waals surface area contributed by atoms with Crippen molar-refractivity contribution in [1.82, 2.24) is 4.90 Å². The molecule has 0 N–H and O–H groups in total. The summed E-state index contributed by atoms with van der Waals surface area (Å²) in [7, 11) is 0. The molecule has 0 aromatic heterocycles. The summed E-state index contributed by atoms with van der Waals surface area (Å²) in [5.74, 6) is 1.76. The summed E-state index contributed by atoms with van der Waals surface area (Å²) in [6.45, 7) is 12.1. The first-order valence-electron chi connectivity index (χ1n) is 8.02. The van der Waals surface area contributed by atoms with E-state index in [2.05, 4.69) is 32.6 Å². The summed E-state index contributed by atoms with van der Waals surface area (Å²) in [4.78, 5) is 14.2. The van der Waals surface area contributed by atoms with Gasteiger partial charge in [0.1, 0.15) is 0 Å². The molecule has 2 atom stereocenters. The number of carbonyl (C=O) groups is 1. The van der Waals surface area contributed by atoms with Gasteiger partial charge >= 0.3 is 0 Å². The maximum Gasteiger partial charge on any atom is 0.219 e. The predicted molar refractivity (Wildman–Crippen MR) is 79.9 cm³/mol. The number of hydrogen-bond acceptors (Lipinski definition) is 1. The second-order valence-electron chi connectivity index (χ2n) is 8.11. The molecule has 110 valence electrons. The van der Waals surface area contributed by atoms with Crippen molar-refractivity contribution in [2.24, 2.45) is 17.3 Å². The van der Waals surface area contributed by atoms with Crippen LogP contribution in [0.4, 0.5) is 0 Å². The number of rotatable bonds is 0. The molecule has 0 radical (unpaired) electrons. The highest BCUT2D eigenvalue weighted by Gasteiger charge is 2.46. The third-order valence-corrected chi connectivity index (χ3v) is 5.58. The van der Waals surface area contributed by atoms with E-state index in [0.717, 1.165) is 18.9 Å². The molecule has 1 aliphatic carbocycles. The van der Waals surface area contributed by atoms with E-state index >= 15 is 0 Å². The molecule has 1 aliphatic heterocycles. The number of amides is 1. The Labute approximate surface area is 118 Å². The molecule has 2 heteroatoms. The van der Waals surface area contributed by atoms with Gasteiger partial charge in [-0.15, -0.1) is 0 Å². The molecule has 2 unspecified atom stereocenters. The zero-order chi connectivity index (χ0) is 14.3. The molecule has 1 saturated carbocycles. The van der Waals surface area contributed by atoms with Gasteiger partial charge in [-0.2, -0.15) is 0 Å². The van der Waals surface area contributed by atoms with Gasteiger partial charge in [0.25, 0.3) is 0 Å². The van der Waals surface area contributed by atoms with Crippen molar-refractivity contribution >= 4 is 5.91 Å². The van der Waals surface area contributed by atoms with Crippen molar-refractivity contribution in [1.29, 1.82) is 0 Å². The fourth-order valence-corrected chi connectivity index (χ4v) is 5.01. The standard InChI is InChI=1S/C17H31NO/c1-13(19)18-11-14-9-7-6-8-10-15(14)16(2,3)12-17(18,4)5/h14-15H,6-12H2,1-5H3. The molecule has 1 heterocycles. The van der Waals surface area contributed by atoms with Crippen LogP contribution in [0.1, 0.15) is 73.1 Å². The van der Waals surface area contributed by atoms with Crippen molar-refractivity contribution in [2.45, 2.75) is 78.7 Å². The second kappa shape index (κ2) is 5.10. The normalized spacial score (nSPS) is 34.1. The summed E-state index contributed by atoms with van der Waals surface area (Å²) >= 11 is 0. The van der Waals surface area contributed by atoms with Gasteiger partial charge in [0.2, 0.25) is 5.91 Å². The lowest BCUT2D eigenvalue weighted by Crippen LogP contribution is -2.48. The van der Waals surface area contributed by atoms with Crippen molar-refractivity contribution in [3.05, 3.63) is 0 Å². The number of nitrogens with zero attached hydrogens (tertiary/aromatic N) is 1. The van der Waals surface area contributed by atoms with E-state index in [1.54, 1.807) is 6.92 Å². The Morgan fingerprint density at radius 1 is 1.05 bits per heavy atom. The molecule has 0 aromatic carbocycles. The first-order valence-corrected chi connectivity index (χ1v) is 8.02. The van der Waals surface area contributed by atoms with Gasteiger partial charge < -0.3 is 4.90 Å². The third-order valence-electron chi connectivity index (χ3n) is 5.58. The first-order chi connectivity index (χ1) is 8.74. The van der Waals surface area contributed by atoms with Gasteiger partial charge in [-0.3, -0.25) is 4.79 Å². The van der Waals surface area contributed by atoms with Gasteiger partial charge in [-0.05, 0) is 50.4 Å². The van der Waals surface area contributed by atoms with Crippen LogP contribution in [0.3, 0.4) is 0 Å². The average Bonchev–Trinajstić information content (AvgIpc) is 2.51. The van der Waals surface area contributed by atoms with Crippen molar-refractivity contribution in [3.8, 4) is 0 Å². The molecule has 2 nitrogen and oxygen atoms in total. The van der Waals surface area contributed by atoms with Gasteiger partial charge in [-0.1, -0.05) is 33.1 Å². The molecule has 1 amide bonds. The maximum absolute atomic E-state index is 12.1. The Morgan fingerprint density at radius 3 is 2.32 bits per heavy atom. The largest absolute Gasteiger partial charge is 0.338 e. The third kappa shape index (κ3) is 2.98. The SMILES string of the molecule is CC(=O)N1CC2CCCCCC2C(C)(C)CC1(C)C. The lowest BCUT2D eigenvalue weighted by atomic mass is 9.66. The van der Waals surface area contributed by atoms with Crippen molar-refractivity contribution in [3.63, 3.8) is 0 Å². The van der Waals surface area contributed by atoms with E-state index in [4.69, 9.17) is 0 Å². The summed E-state index contributed by atoms with van der Waals surface area (Å²) in [6.07, 6.45) is 7.91. The summed E-state index contributed by atoms with van der Waals surface area (Å²) < 4.78 is 0. The zero-order valence-electron chi connectivity index (χ0n) is 13.5. The van der Waals surface area contributed by atoms with Crippen LogP contribution < -0.4 is 0 Å². The van der Waals surface area contributed by atoms with E-state index in [0.29, 0.717) is 11.3 Å². The van der Waals surface area contributed by atoms with Crippen LogP contribution in [-0.4, -0.2) is 22.9 Å². The molecule has 2 fully saturated rings. The Bertz CT molecular complexity index is 345. The Morgan fingerprint density at radius 2 is 1.68 bits per heavy atom. The van der Waals surface area contributed by atoms with Gasteiger partial charge in [0.05, 0.1) is 0 Å². The highest BCUT2D eigenvalue weighted by Crippen LogP contribution is 2.49. The zero-order valence-corrected chi connectivity index (χ0v) is 13.5. The highest BCUT2D eigenvalue weighted by molar-refractivity contribution is 5.74. The molecule has 0 aromatic rings. The number of fused-ring (bicyclic) bond motifs is 1. The molecular weight excluding hydrogens is 234 g/mol. The Balaban J connectivity index is 2.34. The van der Waals surface area contributed by atoms with Gasteiger partial charge in [0.15, 0.2) is 0 Å².